The van der Waals surface area contributed by atoms with Crippen LogP contribution < -0.4 is 16.0 Å². The lowest BCUT2D eigenvalue weighted by Crippen LogP contribution is -2.49. The first kappa shape index (κ1) is 24.3. The van der Waals surface area contributed by atoms with E-state index in [1.54, 1.807) is 43.3 Å². The maximum absolute atomic E-state index is 13.1. The van der Waals surface area contributed by atoms with Gasteiger partial charge in [-0.3, -0.25) is 4.79 Å². The first-order chi connectivity index (χ1) is 16.8. The summed E-state index contributed by atoms with van der Waals surface area (Å²) in [7, 11) is -3.71. The zero-order valence-corrected chi connectivity index (χ0v) is 20.0. The molecule has 0 radical (unpaired) electrons. The second-order valence-electron chi connectivity index (χ2n) is 8.08. The number of rotatable bonds is 6. The standard InChI is InChI=1S/C24H25N7O3S/c1-17-13-21(16-26)29-24(27-17)30-9-11-31(12-10-30)35(33,34)22-7-5-20(6-8-22)28-23(32)19-4-2-3-18(14-19)15-25/h2-8,13-14H,9-12,15,25H2,1H3,(H,28,32). The van der Waals surface area contributed by atoms with Gasteiger partial charge in [0, 0.05) is 49.7 Å². The number of piperazine rings is 1. The van der Waals surface area contributed by atoms with Crippen LogP contribution in [0.1, 0.15) is 27.3 Å². The maximum Gasteiger partial charge on any atom is 0.255 e. The SMILES string of the molecule is Cc1cc(C#N)nc(N2CCN(S(=O)(=O)c3ccc(NC(=O)c4cccc(CN)c4)cc3)CC2)n1. The Morgan fingerprint density at radius 2 is 1.80 bits per heavy atom. The Labute approximate surface area is 204 Å². The molecule has 2 aromatic carbocycles. The Morgan fingerprint density at radius 1 is 1.09 bits per heavy atom. The van der Waals surface area contributed by atoms with Crippen molar-refractivity contribution in [2.75, 3.05) is 36.4 Å². The Kier molecular flexibility index (Phi) is 7.07. The topological polar surface area (TPSA) is 145 Å². The molecule has 1 saturated heterocycles. The van der Waals surface area contributed by atoms with Crippen molar-refractivity contribution in [1.29, 1.82) is 5.26 Å². The third kappa shape index (κ3) is 5.46. The van der Waals surface area contributed by atoms with Crippen molar-refractivity contribution in [3.63, 3.8) is 0 Å². The highest BCUT2D eigenvalue weighted by molar-refractivity contribution is 7.89. The van der Waals surface area contributed by atoms with Crippen molar-refractivity contribution in [3.8, 4) is 6.07 Å². The van der Waals surface area contributed by atoms with Gasteiger partial charge in [0.15, 0.2) is 0 Å². The number of anilines is 2. The van der Waals surface area contributed by atoms with Gasteiger partial charge in [0.05, 0.1) is 4.90 Å². The monoisotopic (exact) mass is 491 g/mol. The van der Waals surface area contributed by atoms with Crippen LogP contribution in [0.2, 0.25) is 0 Å². The molecule has 0 unspecified atom stereocenters. The maximum atomic E-state index is 13.1. The van der Waals surface area contributed by atoms with E-state index in [1.165, 1.54) is 16.4 Å². The van der Waals surface area contributed by atoms with Crippen LogP contribution in [-0.2, 0) is 16.6 Å². The molecule has 1 fully saturated rings. The summed E-state index contributed by atoms with van der Waals surface area (Å²) in [6, 6.07) is 16.7. The molecule has 0 spiro atoms. The number of aryl methyl sites for hydroxylation is 1. The summed E-state index contributed by atoms with van der Waals surface area (Å²) in [4.78, 5) is 23.1. The van der Waals surface area contributed by atoms with E-state index in [1.807, 2.05) is 17.0 Å². The molecule has 2 heterocycles. The van der Waals surface area contributed by atoms with E-state index >= 15 is 0 Å². The predicted octanol–water partition coefficient (Wildman–Crippen LogP) is 1.88. The minimum atomic E-state index is -3.71. The molecule has 0 atom stereocenters. The van der Waals surface area contributed by atoms with E-state index in [9.17, 15) is 13.2 Å². The van der Waals surface area contributed by atoms with Crippen molar-refractivity contribution in [1.82, 2.24) is 14.3 Å². The molecular formula is C24H25N7O3S. The van der Waals surface area contributed by atoms with E-state index in [0.717, 1.165) is 5.56 Å². The van der Waals surface area contributed by atoms with E-state index in [2.05, 4.69) is 15.3 Å². The van der Waals surface area contributed by atoms with Crippen LogP contribution in [0, 0.1) is 18.3 Å². The number of nitriles is 1. The van der Waals surface area contributed by atoms with Gasteiger partial charge >= 0.3 is 0 Å². The van der Waals surface area contributed by atoms with Gasteiger partial charge in [0.25, 0.3) is 5.91 Å². The fraction of sp³-hybridized carbons (Fsp3) is 0.250. The van der Waals surface area contributed by atoms with Crippen molar-refractivity contribution in [3.05, 3.63) is 77.1 Å². The summed E-state index contributed by atoms with van der Waals surface area (Å²) in [6.45, 7) is 3.46. The summed E-state index contributed by atoms with van der Waals surface area (Å²) in [5.74, 6) is 0.126. The Hall–Kier alpha value is -3.85. The number of nitrogens with one attached hydrogen (secondary N) is 1. The molecule has 1 aliphatic heterocycles. The van der Waals surface area contributed by atoms with Gasteiger partial charge in [-0.25, -0.2) is 18.4 Å². The van der Waals surface area contributed by atoms with E-state index < -0.39 is 10.0 Å². The number of hydrogen-bond acceptors (Lipinski definition) is 8. The molecule has 1 aliphatic rings. The largest absolute Gasteiger partial charge is 0.338 e. The number of sulfonamides is 1. The highest BCUT2D eigenvalue weighted by atomic mass is 32.2. The Balaban J connectivity index is 1.41. The van der Waals surface area contributed by atoms with Crippen molar-refractivity contribution in [2.24, 2.45) is 5.73 Å². The minimum Gasteiger partial charge on any atom is -0.338 e. The average Bonchev–Trinajstić information content (AvgIpc) is 2.88. The molecule has 11 heteroatoms. The lowest BCUT2D eigenvalue weighted by atomic mass is 10.1. The van der Waals surface area contributed by atoms with Crippen LogP contribution >= 0.6 is 0 Å². The quantitative estimate of drug-likeness (QED) is 0.532. The molecule has 0 bridgehead atoms. The molecule has 0 saturated carbocycles. The molecule has 10 nitrogen and oxygen atoms in total. The zero-order chi connectivity index (χ0) is 25.0. The van der Waals surface area contributed by atoms with E-state index in [0.29, 0.717) is 42.5 Å². The molecule has 3 N–H and O–H groups in total. The Morgan fingerprint density at radius 3 is 2.46 bits per heavy atom. The molecule has 0 aliphatic carbocycles. The lowest BCUT2D eigenvalue weighted by Gasteiger charge is -2.34. The number of carbonyl (C=O) groups excluding carboxylic acids is 1. The van der Waals surface area contributed by atoms with Crippen LogP contribution in [0.3, 0.4) is 0 Å². The predicted molar refractivity (Wildman–Crippen MR) is 131 cm³/mol. The first-order valence-corrected chi connectivity index (χ1v) is 12.5. The van der Waals surface area contributed by atoms with Crippen LogP contribution in [0.4, 0.5) is 11.6 Å². The van der Waals surface area contributed by atoms with Gasteiger partial charge in [0.1, 0.15) is 11.8 Å². The first-order valence-electron chi connectivity index (χ1n) is 11.0. The van der Waals surface area contributed by atoms with Crippen LogP contribution in [0.5, 0.6) is 0 Å². The number of hydrogen-bond donors (Lipinski definition) is 2. The normalized spacial score (nSPS) is 14.4. The van der Waals surface area contributed by atoms with Gasteiger partial charge in [-0.05, 0) is 55.0 Å². The van der Waals surface area contributed by atoms with Gasteiger partial charge in [-0.15, -0.1) is 0 Å². The molecule has 1 amide bonds. The molecule has 1 aromatic heterocycles. The molecule has 180 valence electrons. The lowest BCUT2D eigenvalue weighted by molar-refractivity contribution is 0.102. The summed E-state index contributed by atoms with van der Waals surface area (Å²) >= 11 is 0. The zero-order valence-electron chi connectivity index (χ0n) is 19.2. The molecule has 35 heavy (non-hydrogen) atoms. The van der Waals surface area contributed by atoms with Crippen LogP contribution in [-0.4, -0.2) is 54.8 Å². The second-order valence-corrected chi connectivity index (χ2v) is 10.0. The molecule has 4 rings (SSSR count). The number of amides is 1. The number of aromatic nitrogens is 2. The fourth-order valence-corrected chi connectivity index (χ4v) is 5.20. The van der Waals surface area contributed by atoms with Crippen LogP contribution in [0.25, 0.3) is 0 Å². The van der Waals surface area contributed by atoms with Gasteiger partial charge in [-0.2, -0.15) is 9.57 Å². The minimum absolute atomic E-state index is 0.146. The van der Waals surface area contributed by atoms with Gasteiger partial charge in [0.2, 0.25) is 16.0 Å². The number of carbonyl (C=O) groups is 1. The highest BCUT2D eigenvalue weighted by Gasteiger charge is 2.29. The molecular weight excluding hydrogens is 466 g/mol. The smallest absolute Gasteiger partial charge is 0.255 e. The van der Waals surface area contributed by atoms with E-state index in [-0.39, 0.29) is 29.6 Å². The fourth-order valence-electron chi connectivity index (χ4n) is 3.78. The summed E-state index contributed by atoms with van der Waals surface area (Å²) in [5.41, 5.74) is 8.40. The second kappa shape index (κ2) is 10.2. The third-order valence-corrected chi connectivity index (χ3v) is 7.57. The average molecular weight is 492 g/mol. The van der Waals surface area contributed by atoms with Crippen molar-refractivity contribution < 1.29 is 13.2 Å². The van der Waals surface area contributed by atoms with E-state index in [4.69, 9.17) is 11.0 Å². The summed E-state index contributed by atoms with van der Waals surface area (Å²) in [5, 5.41) is 11.9. The number of nitrogens with two attached hydrogens (primary N) is 1. The summed E-state index contributed by atoms with van der Waals surface area (Å²) < 4.78 is 27.7. The highest BCUT2D eigenvalue weighted by Crippen LogP contribution is 2.22. The van der Waals surface area contributed by atoms with Crippen molar-refractivity contribution in [2.45, 2.75) is 18.4 Å². The Bertz CT molecular complexity index is 1380. The van der Waals surface area contributed by atoms with Gasteiger partial charge in [-0.1, -0.05) is 12.1 Å². The van der Waals surface area contributed by atoms with Crippen LogP contribution in [0.15, 0.2) is 59.5 Å². The van der Waals surface area contributed by atoms with Crippen molar-refractivity contribution >= 4 is 27.6 Å². The molecule has 3 aromatic rings. The number of nitrogens with zero attached hydrogens (tertiary/aromatic N) is 5. The third-order valence-electron chi connectivity index (χ3n) is 5.65. The van der Waals surface area contributed by atoms with Gasteiger partial charge < -0.3 is 16.0 Å². The summed E-state index contributed by atoms with van der Waals surface area (Å²) in [6.07, 6.45) is 0. The number of benzene rings is 2.